The minimum Gasteiger partial charge on any atom is -0.493 e. The number of methoxy groups -OCH3 is 2. The van der Waals surface area contributed by atoms with Crippen LogP contribution in [0.25, 0.3) is 11.0 Å². The van der Waals surface area contributed by atoms with Crippen LogP contribution in [0, 0.1) is 0 Å². The van der Waals surface area contributed by atoms with Gasteiger partial charge in [-0.25, -0.2) is 4.98 Å². The summed E-state index contributed by atoms with van der Waals surface area (Å²) in [5, 5.41) is 0. The van der Waals surface area contributed by atoms with Gasteiger partial charge in [0.15, 0.2) is 11.5 Å². The number of unbranched alkanes of at least 4 members (excludes halogenated alkanes) is 1. The van der Waals surface area contributed by atoms with Crippen molar-refractivity contribution in [3.05, 3.63) is 53.9 Å². The molecule has 3 rings (SSSR count). The lowest BCUT2D eigenvalue weighted by Crippen LogP contribution is -2.43. The maximum atomic E-state index is 12.5. The molecule has 0 saturated heterocycles. The normalized spacial score (nSPS) is 10.6. The van der Waals surface area contributed by atoms with Gasteiger partial charge in [0, 0.05) is 12.0 Å². The number of hydrogen-bond donors (Lipinski definition) is 2. The Bertz CT molecular complexity index is 1040. The predicted octanol–water partition coefficient (Wildman–Crippen LogP) is 2.86. The summed E-state index contributed by atoms with van der Waals surface area (Å²) in [6, 6.07) is 12.5. The van der Waals surface area contributed by atoms with E-state index in [1.54, 1.807) is 18.2 Å². The Balaban J connectivity index is 1.68. The van der Waals surface area contributed by atoms with Gasteiger partial charge in [-0.1, -0.05) is 25.5 Å². The highest BCUT2D eigenvalue weighted by atomic mass is 16.5. The van der Waals surface area contributed by atoms with E-state index in [0.717, 1.165) is 36.1 Å². The molecule has 0 unspecified atom stereocenters. The van der Waals surface area contributed by atoms with E-state index in [9.17, 15) is 9.59 Å². The van der Waals surface area contributed by atoms with Crippen LogP contribution in [0.2, 0.25) is 0 Å². The van der Waals surface area contributed by atoms with Gasteiger partial charge in [-0.2, -0.15) is 0 Å². The van der Waals surface area contributed by atoms with Crippen LogP contribution in [0.1, 0.15) is 35.9 Å². The topological polar surface area (TPSA) is 94.5 Å². The van der Waals surface area contributed by atoms with Crippen LogP contribution < -0.4 is 20.3 Å². The van der Waals surface area contributed by atoms with Gasteiger partial charge in [-0.15, -0.1) is 0 Å². The van der Waals surface area contributed by atoms with Crippen molar-refractivity contribution in [2.45, 2.75) is 32.7 Å². The van der Waals surface area contributed by atoms with Crippen molar-refractivity contribution >= 4 is 22.8 Å². The number of imidazole rings is 1. The molecule has 0 radical (unpaired) electrons. The van der Waals surface area contributed by atoms with Gasteiger partial charge in [0.1, 0.15) is 12.4 Å². The lowest BCUT2D eigenvalue weighted by Gasteiger charge is -2.12. The van der Waals surface area contributed by atoms with Crippen molar-refractivity contribution < 1.29 is 19.1 Å². The molecule has 1 heterocycles. The number of ether oxygens (including phenoxy) is 2. The predicted molar refractivity (Wildman–Crippen MR) is 113 cm³/mol. The summed E-state index contributed by atoms with van der Waals surface area (Å²) in [6.07, 6.45) is 2.81. The van der Waals surface area contributed by atoms with Gasteiger partial charge < -0.3 is 14.0 Å². The summed E-state index contributed by atoms with van der Waals surface area (Å²) < 4.78 is 12.3. The van der Waals surface area contributed by atoms with Gasteiger partial charge in [0.25, 0.3) is 11.8 Å². The molecule has 0 aliphatic heterocycles. The van der Waals surface area contributed by atoms with Crippen LogP contribution in [-0.4, -0.2) is 35.6 Å². The highest BCUT2D eigenvalue weighted by Crippen LogP contribution is 2.27. The molecule has 0 atom stereocenters. The zero-order valence-electron chi connectivity index (χ0n) is 17.4. The van der Waals surface area contributed by atoms with Gasteiger partial charge in [0.05, 0.1) is 25.3 Å². The quantitative estimate of drug-likeness (QED) is 0.557. The molecule has 0 bridgehead atoms. The van der Waals surface area contributed by atoms with E-state index in [2.05, 4.69) is 22.8 Å². The van der Waals surface area contributed by atoms with Crippen molar-refractivity contribution in [3.8, 4) is 11.5 Å². The average Bonchev–Trinajstić information content (AvgIpc) is 3.12. The fraction of sp³-hybridized carbons (Fsp3) is 0.318. The molecule has 2 aromatic carbocycles. The number of amides is 2. The van der Waals surface area contributed by atoms with Crippen molar-refractivity contribution in [3.63, 3.8) is 0 Å². The maximum Gasteiger partial charge on any atom is 0.269 e. The van der Waals surface area contributed by atoms with E-state index >= 15 is 0 Å². The highest BCUT2D eigenvalue weighted by molar-refractivity contribution is 5.96. The maximum absolute atomic E-state index is 12.5. The van der Waals surface area contributed by atoms with Crippen molar-refractivity contribution in [2.24, 2.45) is 0 Å². The number of carbonyl (C=O) groups excluding carboxylic acids is 2. The third-order valence-electron chi connectivity index (χ3n) is 4.75. The van der Waals surface area contributed by atoms with E-state index in [1.807, 2.05) is 28.8 Å². The molecule has 0 aliphatic carbocycles. The minimum atomic E-state index is -0.453. The molecular weight excluding hydrogens is 384 g/mol. The second-order valence-electron chi connectivity index (χ2n) is 6.78. The number of hydrazine groups is 1. The van der Waals surface area contributed by atoms with Crippen LogP contribution in [-0.2, 0) is 17.8 Å². The van der Waals surface area contributed by atoms with Crippen LogP contribution in [0.5, 0.6) is 11.5 Å². The zero-order chi connectivity index (χ0) is 21.5. The highest BCUT2D eigenvalue weighted by Gasteiger charge is 2.15. The second kappa shape index (κ2) is 9.78. The van der Waals surface area contributed by atoms with Crippen LogP contribution in [0.15, 0.2) is 42.5 Å². The number of aromatic nitrogens is 2. The summed E-state index contributed by atoms with van der Waals surface area (Å²) in [6.45, 7) is 2.18. The number of nitrogens with one attached hydrogen (secondary N) is 2. The first-order valence-electron chi connectivity index (χ1n) is 9.82. The molecule has 2 amide bonds. The summed E-state index contributed by atoms with van der Waals surface area (Å²) in [5.41, 5.74) is 7.00. The van der Waals surface area contributed by atoms with Crippen molar-refractivity contribution in [2.75, 3.05) is 14.2 Å². The van der Waals surface area contributed by atoms with E-state index in [0.29, 0.717) is 17.1 Å². The molecule has 0 saturated carbocycles. The molecule has 2 N–H and O–H groups in total. The molecule has 30 heavy (non-hydrogen) atoms. The van der Waals surface area contributed by atoms with E-state index in [4.69, 9.17) is 9.47 Å². The lowest BCUT2D eigenvalue weighted by molar-refractivity contribution is -0.122. The molecule has 0 spiro atoms. The molecular formula is C22H26N4O4. The Morgan fingerprint density at radius 2 is 1.80 bits per heavy atom. The van der Waals surface area contributed by atoms with Gasteiger partial charge in [0.2, 0.25) is 0 Å². The summed E-state index contributed by atoms with van der Waals surface area (Å²) >= 11 is 0. The van der Waals surface area contributed by atoms with E-state index in [-0.39, 0.29) is 12.5 Å². The first kappa shape index (κ1) is 21.2. The van der Waals surface area contributed by atoms with E-state index < -0.39 is 5.91 Å². The number of benzene rings is 2. The standard InChI is InChI=1S/C22H26N4O4/c1-4-5-10-20-23-16-8-6-7-9-17(16)26(20)14-21(27)24-25-22(28)15-11-12-18(29-2)19(13-15)30-3/h6-9,11-13H,4-5,10,14H2,1-3H3,(H,24,27)(H,25,28). The van der Waals surface area contributed by atoms with Gasteiger partial charge in [-0.05, 0) is 36.8 Å². The Morgan fingerprint density at radius 1 is 1.03 bits per heavy atom. The Hall–Kier alpha value is -3.55. The van der Waals surface area contributed by atoms with Crippen LogP contribution in [0.4, 0.5) is 0 Å². The first-order valence-corrected chi connectivity index (χ1v) is 9.82. The molecule has 0 fully saturated rings. The largest absolute Gasteiger partial charge is 0.493 e. The molecule has 0 aliphatic rings. The zero-order valence-corrected chi connectivity index (χ0v) is 17.4. The number of hydrogen-bond acceptors (Lipinski definition) is 5. The Labute approximate surface area is 175 Å². The summed E-state index contributed by atoms with van der Waals surface area (Å²) in [4.78, 5) is 29.6. The van der Waals surface area contributed by atoms with Crippen molar-refractivity contribution in [1.29, 1.82) is 0 Å². The minimum absolute atomic E-state index is 0.0613. The molecule has 3 aromatic rings. The summed E-state index contributed by atoms with van der Waals surface area (Å²) in [7, 11) is 3.01. The molecule has 8 heteroatoms. The monoisotopic (exact) mass is 410 g/mol. The first-order chi connectivity index (χ1) is 14.6. The third kappa shape index (κ3) is 4.71. The van der Waals surface area contributed by atoms with Gasteiger partial charge >= 0.3 is 0 Å². The van der Waals surface area contributed by atoms with Crippen molar-refractivity contribution in [1.82, 2.24) is 20.4 Å². The summed E-state index contributed by atoms with van der Waals surface area (Å²) in [5.74, 6) is 1.02. The Kier molecular flexibility index (Phi) is 6.90. The molecule has 1 aromatic heterocycles. The third-order valence-corrected chi connectivity index (χ3v) is 4.75. The number of rotatable bonds is 8. The van der Waals surface area contributed by atoms with E-state index in [1.165, 1.54) is 14.2 Å². The second-order valence-corrected chi connectivity index (χ2v) is 6.78. The van der Waals surface area contributed by atoms with Gasteiger partial charge in [-0.3, -0.25) is 20.4 Å². The Morgan fingerprint density at radius 3 is 2.53 bits per heavy atom. The fourth-order valence-electron chi connectivity index (χ4n) is 3.19. The average molecular weight is 410 g/mol. The fourth-order valence-corrected chi connectivity index (χ4v) is 3.19. The number of nitrogens with zero attached hydrogens (tertiary/aromatic N) is 2. The number of fused-ring (bicyclic) bond motifs is 1. The SMILES string of the molecule is CCCCc1nc2ccccc2n1CC(=O)NNC(=O)c1ccc(OC)c(OC)c1. The molecule has 158 valence electrons. The van der Waals surface area contributed by atoms with Crippen LogP contribution >= 0.6 is 0 Å². The number of para-hydroxylation sites is 2. The lowest BCUT2D eigenvalue weighted by atomic mass is 10.2. The smallest absolute Gasteiger partial charge is 0.269 e. The molecule has 8 nitrogen and oxygen atoms in total. The van der Waals surface area contributed by atoms with Crippen LogP contribution in [0.3, 0.4) is 0 Å². The number of carbonyl (C=O) groups is 2. The number of aryl methyl sites for hydroxylation is 1.